The largest absolute Gasteiger partial charge is 0.508 e. The topological polar surface area (TPSA) is 40.5 Å². The molecule has 0 aliphatic heterocycles. The molecule has 1 atom stereocenters. The van der Waals surface area contributed by atoms with Gasteiger partial charge in [0.05, 0.1) is 0 Å². The Hall–Kier alpha value is -1.87. The van der Waals surface area contributed by atoms with Crippen LogP contribution in [0.4, 0.5) is 4.39 Å². The molecule has 0 spiro atoms. The summed E-state index contributed by atoms with van der Waals surface area (Å²) in [5.41, 5.74) is 1.98. The maximum Gasteiger partial charge on any atom is 0.123 e. The molecule has 2 aromatic rings. The molecular weight excluding hydrogens is 231 g/mol. The first-order valence-electron chi connectivity index (χ1n) is 5.87. The molecule has 18 heavy (non-hydrogen) atoms. The average molecular weight is 246 g/mol. The van der Waals surface area contributed by atoms with Gasteiger partial charge in [0.15, 0.2) is 0 Å². The van der Waals surface area contributed by atoms with Gasteiger partial charge in [-0.3, -0.25) is 0 Å². The fourth-order valence-corrected chi connectivity index (χ4v) is 1.87. The van der Waals surface area contributed by atoms with E-state index in [1.807, 2.05) is 13.0 Å². The van der Waals surface area contributed by atoms with Crippen molar-refractivity contribution >= 4 is 0 Å². The Bertz CT molecular complexity index is 535. The number of benzene rings is 2. The monoisotopic (exact) mass is 246 g/mol. The molecule has 2 nitrogen and oxygen atoms in total. The Labute approximate surface area is 105 Å². The third kappa shape index (κ3) is 2.51. The van der Waals surface area contributed by atoms with Gasteiger partial charge in [0.25, 0.3) is 0 Å². The Morgan fingerprint density at radius 1 is 1.11 bits per heavy atom. The number of phenols is 1. The van der Waals surface area contributed by atoms with E-state index in [4.69, 9.17) is 0 Å². The number of hydrogen-bond donors (Lipinski definition) is 2. The molecule has 0 radical (unpaired) electrons. The molecule has 0 bridgehead atoms. The van der Waals surface area contributed by atoms with Gasteiger partial charge in [0.1, 0.15) is 17.7 Å². The van der Waals surface area contributed by atoms with E-state index in [9.17, 15) is 14.6 Å². The fourth-order valence-electron chi connectivity index (χ4n) is 1.87. The lowest BCUT2D eigenvalue weighted by atomic mass is 9.99. The zero-order valence-corrected chi connectivity index (χ0v) is 10.1. The van der Waals surface area contributed by atoms with Gasteiger partial charge in [-0.2, -0.15) is 0 Å². The van der Waals surface area contributed by atoms with Crippen molar-refractivity contribution in [3.63, 3.8) is 0 Å². The van der Waals surface area contributed by atoms with E-state index in [2.05, 4.69) is 0 Å². The standard InChI is InChI=1S/C15H15FO2/c1-2-10-3-8-13(14(17)9-10)15(18)11-4-6-12(16)7-5-11/h3-9,15,17-18H,2H2,1H3/t15-/m1/s1. The van der Waals surface area contributed by atoms with Crippen LogP contribution in [0.1, 0.15) is 29.7 Å². The zero-order valence-electron chi connectivity index (χ0n) is 10.1. The van der Waals surface area contributed by atoms with Crippen LogP contribution in [0.25, 0.3) is 0 Å². The first-order valence-corrected chi connectivity index (χ1v) is 5.87. The minimum Gasteiger partial charge on any atom is -0.508 e. The summed E-state index contributed by atoms with van der Waals surface area (Å²) in [4.78, 5) is 0. The van der Waals surface area contributed by atoms with Gasteiger partial charge in [-0.15, -0.1) is 0 Å². The lowest BCUT2D eigenvalue weighted by Gasteiger charge is -2.14. The van der Waals surface area contributed by atoms with Crippen molar-refractivity contribution in [3.05, 3.63) is 65.0 Å². The van der Waals surface area contributed by atoms with Gasteiger partial charge >= 0.3 is 0 Å². The third-order valence-electron chi connectivity index (χ3n) is 2.98. The second-order valence-electron chi connectivity index (χ2n) is 4.20. The van der Waals surface area contributed by atoms with Crippen molar-refractivity contribution in [3.8, 4) is 5.75 Å². The van der Waals surface area contributed by atoms with Gasteiger partial charge in [0.2, 0.25) is 0 Å². The highest BCUT2D eigenvalue weighted by Crippen LogP contribution is 2.30. The maximum absolute atomic E-state index is 12.8. The molecule has 0 amide bonds. The molecule has 0 heterocycles. The summed E-state index contributed by atoms with van der Waals surface area (Å²) in [5, 5.41) is 20.0. The Morgan fingerprint density at radius 2 is 1.78 bits per heavy atom. The molecule has 0 aliphatic rings. The van der Waals surface area contributed by atoms with Gasteiger partial charge < -0.3 is 10.2 Å². The first-order chi connectivity index (χ1) is 8.61. The number of aromatic hydroxyl groups is 1. The van der Waals surface area contributed by atoms with Crippen LogP contribution in [0.5, 0.6) is 5.75 Å². The molecule has 2 rings (SSSR count). The number of halogens is 1. The molecule has 2 N–H and O–H groups in total. The molecule has 94 valence electrons. The minimum atomic E-state index is -0.948. The molecule has 3 heteroatoms. The summed E-state index contributed by atoms with van der Waals surface area (Å²) in [6.07, 6.45) is -0.128. The van der Waals surface area contributed by atoms with Crippen LogP contribution in [0, 0.1) is 5.82 Å². The first kappa shape index (κ1) is 12.6. The fraction of sp³-hybridized carbons (Fsp3) is 0.200. The zero-order chi connectivity index (χ0) is 13.1. The van der Waals surface area contributed by atoms with Crippen LogP contribution in [0.2, 0.25) is 0 Å². The van der Waals surface area contributed by atoms with E-state index < -0.39 is 6.10 Å². The van der Waals surface area contributed by atoms with E-state index in [0.717, 1.165) is 12.0 Å². The molecule has 0 fully saturated rings. The number of aliphatic hydroxyl groups excluding tert-OH is 1. The third-order valence-corrected chi connectivity index (χ3v) is 2.98. The summed E-state index contributed by atoms with van der Waals surface area (Å²) < 4.78 is 12.8. The SMILES string of the molecule is CCc1ccc([C@H](O)c2ccc(F)cc2)c(O)c1. The molecule has 0 aliphatic carbocycles. The Kier molecular flexibility index (Phi) is 3.63. The molecule has 0 aromatic heterocycles. The lowest BCUT2D eigenvalue weighted by molar-refractivity contribution is 0.215. The van der Waals surface area contributed by atoms with E-state index in [1.165, 1.54) is 24.3 Å². The second-order valence-corrected chi connectivity index (χ2v) is 4.20. The van der Waals surface area contributed by atoms with Gasteiger partial charge in [-0.05, 0) is 35.7 Å². The van der Waals surface area contributed by atoms with Crippen LogP contribution in [-0.4, -0.2) is 10.2 Å². The summed E-state index contributed by atoms with van der Waals surface area (Å²) in [6, 6.07) is 10.8. The van der Waals surface area contributed by atoms with E-state index in [0.29, 0.717) is 11.1 Å². The van der Waals surface area contributed by atoms with Crippen LogP contribution in [0.15, 0.2) is 42.5 Å². The predicted molar refractivity (Wildman–Crippen MR) is 67.9 cm³/mol. The number of aliphatic hydroxyl groups is 1. The quantitative estimate of drug-likeness (QED) is 0.873. The van der Waals surface area contributed by atoms with Gasteiger partial charge in [-0.1, -0.05) is 31.2 Å². The van der Waals surface area contributed by atoms with E-state index in [-0.39, 0.29) is 11.6 Å². The summed E-state index contributed by atoms with van der Waals surface area (Å²) >= 11 is 0. The number of aryl methyl sites for hydroxylation is 1. The Balaban J connectivity index is 2.33. The van der Waals surface area contributed by atoms with Gasteiger partial charge in [-0.25, -0.2) is 4.39 Å². The van der Waals surface area contributed by atoms with Crippen LogP contribution in [0.3, 0.4) is 0 Å². The molecule has 0 saturated carbocycles. The highest BCUT2D eigenvalue weighted by Gasteiger charge is 2.14. The van der Waals surface area contributed by atoms with Crippen LogP contribution in [-0.2, 0) is 6.42 Å². The lowest BCUT2D eigenvalue weighted by Crippen LogP contribution is -2.00. The van der Waals surface area contributed by atoms with Gasteiger partial charge in [0, 0.05) is 5.56 Å². The summed E-state index contributed by atoms with van der Waals surface area (Å²) in [7, 11) is 0. The number of hydrogen-bond acceptors (Lipinski definition) is 2. The van der Waals surface area contributed by atoms with Crippen molar-refractivity contribution < 1.29 is 14.6 Å². The predicted octanol–water partition coefficient (Wildman–Crippen LogP) is 3.18. The molecule has 0 saturated heterocycles. The number of phenolic OH excluding ortho intramolecular Hbond substituents is 1. The average Bonchev–Trinajstić information content (AvgIpc) is 2.38. The van der Waals surface area contributed by atoms with Crippen LogP contribution >= 0.6 is 0 Å². The highest BCUT2D eigenvalue weighted by molar-refractivity contribution is 5.42. The van der Waals surface area contributed by atoms with Crippen molar-refractivity contribution in [2.24, 2.45) is 0 Å². The highest BCUT2D eigenvalue weighted by atomic mass is 19.1. The van der Waals surface area contributed by atoms with E-state index >= 15 is 0 Å². The molecule has 0 unspecified atom stereocenters. The minimum absolute atomic E-state index is 0.0613. The Morgan fingerprint density at radius 3 is 2.33 bits per heavy atom. The van der Waals surface area contributed by atoms with E-state index in [1.54, 1.807) is 12.1 Å². The summed E-state index contributed by atoms with van der Waals surface area (Å²) in [6.45, 7) is 1.99. The summed E-state index contributed by atoms with van der Waals surface area (Å²) in [5.74, 6) is -0.289. The van der Waals surface area contributed by atoms with Crippen molar-refractivity contribution in [1.82, 2.24) is 0 Å². The van der Waals surface area contributed by atoms with Crippen molar-refractivity contribution in [2.45, 2.75) is 19.4 Å². The second kappa shape index (κ2) is 5.19. The number of rotatable bonds is 3. The molecular formula is C15H15FO2. The smallest absolute Gasteiger partial charge is 0.123 e. The maximum atomic E-state index is 12.8. The van der Waals surface area contributed by atoms with Crippen LogP contribution < -0.4 is 0 Å². The normalized spacial score (nSPS) is 12.4. The molecule has 2 aromatic carbocycles. The van der Waals surface area contributed by atoms with Crippen molar-refractivity contribution in [1.29, 1.82) is 0 Å². The van der Waals surface area contributed by atoms with Crippen molar-refractivity contribution in [2.75, 3.05) is 0 Å².